The van der Waals surface area contributed by atoms with Crippen molar-refractivity contribution in [2.45, 2.75) is 39.3 Å². The molecule has 0 unspecified atom stereocenters. The number of benzene rings is 2. The van der Waals surface area contributed by atoms with Crippen molar-refractivity contribution in [3.05, 3.63) is 65.2 Å². The van der Waals surface area contributed by atoms with E-state index in [4.69, 9.17) is 4.74 Å². The average Bonchev–Trinajstić information content (AvgIpc) is 2.52. The van der Waals surface area contributed by atoms with E-state index >= 15 is 0 Å². The summed E-state index contributed by atoms with van der Waals surface area (Å²) in [5, 5.41) is 5.20. The van der Waals surface area contributed by atoms with Crippen LogP contribution >= 0.6 is 0 Å². The molecule has 27 heavy (non-hydrogen) atoms. The molecule has 2 N–H and O–H groups in total. The zero-order valence-electron chi connectivity index (χ0n) is 15.6. The highest BCUT2D eigenvalue weighted by Gasteiger charge is 2.18. The van der Waals surface area contributed by atoms with Crippen LogP contribution in [0.25, 0.3) is 0 Å². The van der Waals surface area contributed by atoms with E-state index in [2.05, 4.69) is 10.6 Å². The molecule has 2 aromatic carbocycles. The zero-order valence-corrected chi connectivity index (χ0v) is 15.6. The number of hydrogen-bond donors (Lipinski definition) is 2. The first kappa shape index (κ1) is 20.4. The first-order valence-corrected chi connectivity index (χ1v) is 8.41. The molecule has 0 aliphatic heterocycles. The van der Waals surface area contributed by atoms with Gasteiger partial charge in [-0.25, -0.2) is 13.6 Å². The van der Waals surface area contributed by atoms with Gasteiger partial charge in [0.1, 0.15) is 17.2 Å². The molecule has 5 nitrogen and oxygen atoms in total. The van der Waals surface area contributed by atoms with Crippen LogP contribution in [0.5, 0.6) is 0 Å². The van der Waals surface area contributed by atoms with Gasteiger partial charge < -0.3 is 10.1 Å². The molecule has 1 atom stereocenters. The first-order chi connectivity index (χ1) is 12.5. The van der Waals surface area contributed by atoms with Crippen molar-refractivity contribution in [1.29, 1.82) is 0 Å². The number of carbonyl (C=O) groups excluding carboxylic acids is 2. The maximum atomic E-state index is 13.8. The van der Waals surface area contributed by atoms with Gasteiger partial charge in [0.05, 0.1) is 6.04 Å². The number of anilines is 1. The Morgan fingerprint density at radius 1 is 1.07 bits per heavy atom. The zero-order chi connectivity index (χ0) is 20.2. The van der Waals surface area contributed by atoms with Crippen molar-refractivity contribution < 1.29 is 23.1 Å². The summed E-state index contributed by atoms with van der Waals surface area (Å²) in [5.41, 5.74) is 0.191. The lowest BCUT2D eigenvalue weighted by molar-refractivity contribution is 0.0635. The van der Waals surface area contributed by atoms with Crippen molar-refractivity contribution in [1.82, 2.24) is 5.32 Å². The Morgan fingerprint density at radius 2 is 1.78 bits per heavy atom. The fourth-order valence-corrected chi connectivity index (χ4v) is 2.37. The van der Waals surface area contributed by atoms with Gasteiger partial charge in [-0.3, -0.25) is 10.1 Å². The summed E-state index contributed by atoms with van der Waals surface area (Å²) in [6.45, 7) is 6.82. The quantitative estimate of drug-likeness (QED) is 0.805. The Labute approximate surface area is 156 Å². The molecule has 0 aromatic heterocycles. The largest absolute Gasteiger partial charge is 0.444 e. The molecule has 7 heteroatoms. The highest BCUT2D eigenvalue weighted by atomic mass is 19.1. The molecule has 0 heterocycles. The van der Waals surface area contributed by atoms with Gasteiger partial charge in [0.25, 0.3) is 5.91 Å². The van der Waals surface area contributed by atoms with Crippen LogP contribution in [-0.4, -0.2) is 17.6 Å². The van der Waals surface area contributed by atoms with Gasteiger partial charge in [-0.05, 0) is 52.0 Å². The van der Waals surface area contributed by atoms with E-state index in [0.717, 1.165) is 12.1 Å². The lowest BCUT2D eigenvalue weighted by Gasteiger charge is -2.20. The van der Waals surface area contributed by atoms with Gasteiger partial charge >= 0.3 is 6.09 Å². The monoisotopic (exact) mass is 376 g/mol. The standard InChI is InChI=1S/C20H22F2N2O3/c1-12(16-9-8-14(21)11-17(16)22)23-18(25)13-6-5-7-15(10-13)24-19(26)27-20(2,3)4/h5-12H,1-4H3,(H,23,25)(H,24,26)/t12-/m0/s1. The number of ether oxygens (including phenoxy) is 1. The molecule has 0 saturated heterocycles. The van der Waals surface area contributed by atoms with E-state index < -0.39 is 35.3 Å². The number of hydrogen-bond acceptors (Lipinski definition) is 3. The van der Waals surface area contributed by atoms with E-state index in [9.17, 15) is 18.4 Å². The van der Waals surface area contributed by atoms with Gasteiger partial charge in [0.15, 0.2) is 0 Å². The molecule has 0 radical (unpaired) electrons. The van der Waals surface area contributed by atoms with Crippen LogP contribution in [0, 0.1) is 11.6 Å². The molecule has 0 bridgehead atoms. The van der Waals surface area contributed by atoms with E-state index in [0.29, 0.717) is 5.69 Å². The Balaban J connectivity index is 2.07. The molecule has 0 spiro atoms. The molecule has 0 fully saturated rings. The molecule has 0 aliphatic carbocycles. The van der Waals surface area contributed by atoms with E-state index in [1.165, 1.54) is 12.1 Å². The predicted molar refractivity (Wildman–Crippen MR) is 98.5 cm³/mol. The Kier molecular flexibility index (Phi) is 6.15. The maximum absolute atomic E-state index is 13.8. The van der Waals surface area contributed by atoms with Crippen LogP contribution in [-0.2, 0) is 4.74 Å². The van der Waals surface area contributed by atoms with Crippen molar-refractivity contribution >= 4 is 17.7 Å². The smallest absolute Gasteiger partial charge is 0.412 e. The van der Waals surface area contributed by atoms with Crippen LogP contribution in [0.2, 0.25) is 0 Å². The third-order valence-electron chi connectivity index (χ3n) is 3.55. The summed E-state index contributed by atoms with van der Waals surface area (Å²) in [7, 11) is 0. The number of rotatable bonds is 4. The molecule has 0 saturated carbocycles. The second-order valence-electron chi connectivity index (χ2n) is 7.07. The van der Waals surface area contributed by atoms with Gasteiger partial charge in [-0.2, -0.15) is 0 Å². The predicted octanol–water partition coefficient (Wildman–Crippen LogP) is 4.80. The fourth-order valence-electron chi connectivity index (χ4n) is 2.37. The fraction of sp³-hybridized carbons (Fsp3) is 0.300. The summed E-state index contributed by atoms with van der Waals surface area (Å²) >= 11 is 0. The molecular weight excluding hydrogens is 354 g/mol. The minimum atomic E-state index is -0.733. The molecule has 2 rings (SSSR count). The number of nitrogens with one attached hydrogen (secondary N) is 2. The SMILES string of the molecule is C[C@H](NC(=O)c1cccc(NC(=O)OC(C)(C)C)c1)c1ccc(F)cc1F. The summed E-state index contributed by atoms with van der Waals surface area (Å²) in [6.07, 6.45) is -0.637. The maximum Gasteiger partial charge on any atom is 0.412 e. The van der Waals surface area contributed by atoms with Crippen LogP contribution in [0.15, 0.2) is 42.5 Å². The van der Waals surface area contributed by atoms with Crippen LogP contribution < -0.4 is 10.6 Å². The van der Waals surface area contributed by atoms with E-state index in [-0.39, 0.29) is 11.1 Å². The van der Waals surface area contributed by atoms with Crippen molar-refractivity contribution in [2.75, 3.05) is 5.32 Å². The topological polar surface area (TPSA) is 67.4 Å². The minimum absolute atomic E-state index is 0.174. The van der Waals surface area contributed by atoms with Crippen LogP contribution in [0.3, 0.4) is 0 Å². The molecule has 144 valence electrons. The van der Waals surface area contributed by atoms with Gasteiger partial charge in [0, 0.05) is 22.9 Å². The third-order valence-corrected chi connectivity index (χ3v) is 3.55. The number of halogens is 2. The van der Waals surface area contributed by atoms with E-state index in [1.807, 2.05) is 0 Å². The summed E-state index contributed by atoms with van der Waals surface area (Å²) < 4.78 is 32.0. The lowest BCUT2D eigenvalue weighted by atomic mass is 10.1. The highest BCUT2D eigenvalue weighted by molar-refractivity contribution is 5.96. The molecule has 2 amide bonds. The van der Waals surface area contributed by atoms with Gasteiger partial charge in [-0.15, -0.1) is 0 Å². The lowest BCUT2D eigenvalue weighted by Crippen LogP contribution is -2.28. The number of carbonyl (C=O) groups is 2. The van der Waals surface area contributed by atoms with Crippen molar-refractivity contribution in [2.24, 2.45) is 0 Å². The van der Waals surface area contributed by atoms with Crippen LogP contribution in [0.1, 0.15) is 49.7 Å². The first-order valence-electron chi connectivity index (χ1n) is 8.41. The number of amides is 2. The summed E-state index contributed by atoms with van der Waals surface area (Å²) in [4.78, 5) is 24.3. The second kappa shape index (κ2) is 8.16. The van der Waals surface area contributed by atoms with Crippen molar-refractivity contribution in [3.63, 3.8) is 0 Å². The average molecular weight is 376 g/mol. The van der Waals surface area contributed by atoms with Crippen LogP contribution in [0.4, 0.5) is 19.3 Å². The highest BCUT2D eigenvalue weighted by Crippen LogP contribution is 2.19. The molecular formula is C20H22F2N2O3. The third kappa shape index (κ3) is 6.06. The van der Waals surface area contributed by atoms with Gasteiger partial charge in [0.2, 0.25) is 0 Å². The molecule has 0 aliphatic rings. The second-order valence-corrected chi connectivity index (χ2v) is 7.07. The Bertz CT molecular complexity index is 847. The normalized spacial score (nSPS) is 12.2. The summed E-state index contributed by atoms with van der Waals surface area (Å²) in [6, 6.07) is 8.78. The Hall–Kier alpha value is -2.96. The van der Waals surface area contributed by atoms with Gasteiger partial charge in [-0.1, -0.05) is 12.1 Å². The van der Waals surface area contributed by atoms with Crippen molar-refractivity contribution in [3.8, 4) is 0 Å². The Morgan fingerprint density at radius 3 is 2.41 bits per heavy atom. The van der Waals surface area contributed by atoms with E-state index in [1.54, 1.807) is 45.9 Å². The summed E-state index contributed by atoms with van der Waals surface area (Å²) in [5.74, 6) is -1.88. The minimum Gasteiger partial charge on any atom is -0.444 e. The molecule has 2 aromatic rings.